The summed E-state index contributed by atoms with van der Waals surface area (Å²) in [5.41, 5.74) is 6.03. The number of nitrogens with one attached hydrogen (secondary N) is 1. The third kappa shape index (κ3) is 4.60. The van der Waals surface area contributed by atoms with Crippen molar-refractivity contribution in [3.05, 3.63) is 94.7 Å². The highest BCUT2D eigenvalue weighted by Gasteiger charge is 2.40. The fraction of sp³-hybridized carbons (Fsp3) is 0.241. The minimum atomic E-state index is -0.365. The molecule has 0 saturated heterocycles. The van der Waals surface area contributed by atoms with Crippen LogP contribution in [-0.4, -0.2) is 18.9 Å². The molecule has 5 heteroatoms. The summed E-state index contributed by atoms with van der Waals surface area (Å²) in [4.78, 5) is 28.5. The molecule has 0 spiro atoms. The molecule has 0 unspecified atom stereocenters. The van der Waals surface area contributed by atoms with Crippen molar-refractivity contribution in [1.82, 2.24) is 0 Å². The molecule has 0 fully saturated rings. The Hall–Kier alpha value is -3.86. The van der Waals surface area contributed by atoms with Crippen LogP contribution in [0.5, 0.6) is 5.75 Å². The Kier molecular flexibility index (Phi) is 6.82. The fourth-order valence-electron chi connectivity index (χ4n) is 4.06. The second-order valence-corrected chi connectivity index (χ2v) is 8.62. The number of ether oxygens (including phenoxy) is 1. The van der Waals surface area contributed by atoms with Gasteiger partial charge in [-0.3, -0.25) is 9.59 Å². The first-order valence-electron chi connectivity index (χ1n) is 11.6. The number of imide groups is 1. The molecule has 1 heterocycles. The molecular weight excluding hydrogens is 424 g/mol. The van der Waals surface area contributed by atoms with Gasteiger partial charge in [0.2, 0.25) is 0 Å². The topological polar surface area (TPSA) is 58.6 Å². The molecule has 0 radical (unpaired) electrons. The standard InChI is InChI=1S/C29H30N2O3/c1-5-6-7-21-9-14-24(15-10-21)31-28(32)26(22-11-8-19(2)20(3)18-22)27(29(31)33)30-23-12-16-25(34-4)17-13-23/h8-18,30H,5-7H2,1-4H3. The van der Waals surface area contributed by atoms with Gasteiger partial charge in [0.05, 0.1) is 18.4 Å². The van der Waals surface area contributed by atoms with E-state index in [1.165, 1.54) is 10.5 Å². The number of carbonyl (C=O) groups is 2. The molecule has 2 amide bonds. The summed E-state index contributed by atoms with van der Waals surface area (Å²) < 4.78 is 5.23. The first-order chi connectivity index (χ1) is 16.4. The molecule has 1 N–H and O–H groups in total. The van der Waals surface area contributed by atoms with Crippen molar-refractivity contribution in [3.8, 4) is 5.75 Å². The Bertz CT molecular complexity index is 1240. The Morgan fingerprint density at radius 2 is 1.56 bits per heavy atom. The lowest BCUT2D eigenvalue weighted by Crippen LogP contribution is -2.32. The van der Waals surface area contributed by atoms with Gasteiger partial charge in [-0.15, -0.1) is 0 Å². The molecule has 0 atom stereocenters. The van der Waals surface area contributed by atoms with E-state index >= 15 is 0 Å². The lowest BCUT2D eigenvalue weighted by molar-refractivity contribution is -0.120. The predicted molar refractivity (Wildman–Crippen MR) is 137 cm³/mol. The molecule has 0 bridgehead atoms. The summed E-state index contributed by atoms with van der Waals surface area (Å²) in [5, 5.41) is 3.21. The number of hydrogen-bond acceptors (Lipinski definition) is 4. The molecule has 1 aliphatic heterocycles. The highest BCUT2D eigenvalue weighted by atomic mass is 16.5. The summed E-state index contributed by atoms with van der Waals surface area (Å²) in [7, 11) is 1.60. The number of methoxy groups -OCH3 is 1. The Balaban J connectivity index is 1.74. The van der Waals surface area contributed by atoms with Crippen molar-refractivity contribution in [3.63, 3.8) is 0 Å². The Morgan fingerprint density at radius 1 is 0.853 bits per heavy atom. The van der Waals surface area contributed by atoms with Crippen molar-refractivity contribution >= 4 is 28.8 Å². The van der Waals surface area contributed by atoms with E-state index in [2.05, 4.69) is 12.2 Å². The molecule has 0 aromatic heterocycles. The number of rotatable bonds is 8. The van der Waals surface area contributed by atoms with E-state index in [1.54, 1.807) is 7.11 Å². The quantitative estimate of drug-likeness (QED) is 0.421. The number of carbonyl (C=O) groups excluding carboxylic acids is 2. The summed E-state index contributed by atoms with van der Waals surface area (Å²) in [5.74, 6) is 0.0217. The zero-order valence-corrected chi connectivity index (χ0v) is 20.1. The molecule has 5 nitrogen and oxygen atoms in total. The maximum absolute atomic E-state index is 13.7. The predicted octanol–water partition coefficient (Wildman–Crippen LogP) is 6.05. The van der Waals surface area contributed by atoms with Gasteiger partial charge in [-0.25, -0.2) is 4.90 Å². The molecule has 0 aliphatic carbocycles. The van der Waals surface area contributed by atoms with Gasteiger partial charge in [0.1, 0.15) is 11.4 Å². The van der Waals surface area contributed by atoms with Crippen LogP contribution in [0.3, 0.4) is 0 Å². The molecule has 0 saturated carbocycles. The third-order valence-corrected chi connectivity index (χ3v) is 6.25. The zero-order chi connectivity index (χ0) is 24.2. The second kappa shape index (κ2) is 9.96. The number of hydrogen-bond donors (Lipinski definition) is 1. The number of benzene rings is 3. The SMILES string of the molecule is CCCCc1ccc(N2C(=O)C(Nc3ccc(OC)cc3)=C(c3ccc(C)c(C)c3)C2=O)cc1. The first-order valence-corrected chi connectivity index (χ1v) is 11.6. The van der Waals surface area contributed by atoms with Crippen molar-refractivity contribution in [1.29, 1.82) is 0 Å². The van der Waals surface area contributed by atoms with Crippen LogP contribution in [0.25, 0.3) is 5.57 Å². The number of anilines is 2. The lowest BCUT2D eigenvalue weighted by atomic mass is 9.99. The molecule has 3 aromatic carbocycles. The van der Waals surface area contributed by atoms with Crippen molar-refractivity contribution < 1.29 is 14.3 Å². The maximum Gasteiger partial charge on any atom is 0.282 e. The minimum Gasteiger partial charge on any atom is -0.497 e. The van der Waals surface area contributed by atoms with E-state index in [9.17, 15) is 9.59 Å². The maximum atomic E-state index is 13.7. The molecular formula is C29H30N2O3. The average Bonchev–Trinajstić information content (AvgIpc) is 3.09. The summed E-state index contributed by atoms with van der Waals surface area (Å²) in [6.07, 6.45) is 3.21. The van der Waals surface area contributed by atoms with Crippen LogP contribution in [0.2, 0.25) is 0 Å². The molecule has 4 rings (SSSR count). The zero-order valence-electron chi connectivity index (χ0n) is 20.1. The Labute approximate surface area is 201 Å². The largest absolute Gasteiger partial charge is 0.497 e. The van der Waals surface area contributed by atoms with Gasteiger partial charge in [0.25, 0.3) is 11.8 Å². The van der Waals surface area contributed by atoms with Crippen LogP contribution in [0, 0.1) is 13.8 Å². The van der Waals surface area contributed by atoms with E-state index in [1.807, 2.05) is 80.6 Å². The van der Waals surface area contributed by atoms with Gasteiger partial charge < -0.3 is 10.1 Å². The third-order valence-electron chi connectivity index (χ3n) is 6.25. The van der Waals surface area contributed by atoms with E-state index in [0.29, 0.717) is 22.7 Å². The monoisotopic (exact) mass is 454 g/mol. The number of unbranched alkanes of at least 4 members (excludes halogenated alkanes) is 1. The summed E-state index contributed by atoms with van der Waals surface area (Å²) >= 11 is 0. The van der Waals surface area contributed by atoms with Gasteiger partial charge in [-0.1, -0.05) is 43.7 Å². The van der Waals surface area contributed by atoms with E-state index in [0.717, 1.165) is 36.0 Å². The number of aryl methyl sites for hydroxylation is 3. The number of amides is 2. The van der Waals surface area contributed by atoms with Crippen LogP contribution in [0.1, 0.15) is 42.0 Å². The second-order valence-electron chi connectivity index (χ2n) is 8.62. The molecule has 174 valence electrons. The van der Waals surface area contributed by atoms with Crippen molar-refractivity contribution in [2.24, 2.45) is 0 Å². The lowest BCUT2D eigenvalue weighted by Gasteiger charge is -2.16. The van der Waals surface area contributed by atoms with Gasteiger partial charge in [0, 0.05) is 5.69 Å². The van der Waals surface area contributed by atoms with Crippen LogP contribution in [0.4, 0.5) is 11.4 Å². The highest BCUT2D eigenvalue weighted by molar-refractivity contribution is 6.46. The van der Waals surface area contributed by atoms with Crippen molar-refractivity contribution in [2.75, 3.05) is 17.3 Å². The Morgan fingerprint density at radius 3 is 2.18 bits per heavy atom. The smallest absolute Gasteiger partial charge is 0.282 e. The fourth-order valence-corrected chi connectivity index (χ4v) is 4.06. The van der Waals surface area contributed by atoms with E-state index in [-0.39, 0.29) is 17.5 Å². The van der Waals surface area contributed by atoms with Gasteiger partial charge in [0.15, 0.2) is 0 Å². The highest BCUT2D eigenvalue weighted by Crippen LogP contribution is 2.34. The first kappa shape index (κ1) is 23.3. The van der Waals surface area contributed by atoms with Crippen LogP contribution < -0.4 is 15.0 Å². The van der Waals surface area contributed by atoms with Crippen LogP contribution in [-0.2, 0) is 16.0 Å². The van der Waals surface area contributed by atoms with Crippen LogP contribution in [0.15, 0.2) is 72.4 Å². The molecule has 1 aliphatic rings. The van der Waals surface area contributed by atoms with Crippen LogP contribution >= 0.6 is 0 Å². The minimum absolute atomic E-state index is 0.272. The summed E-state index contributed by atoms with van der Waals surface area (Å²) in [6, 6.07) is 20.8. The van der Waals surface area contributed by atoms with Gasteiger partial charge >= 0.3 is 0 Å². The summed E-state index contributed by atoms with van der Waals surface area (Å²) in [6.45, 7) is 6.19. The van der Waals surface area contributed by atoms with E-state index < -0.39 is 0 Å². The van der Waals surface area contributed by atoms with Crippen molar-refractivity contribution in [2.45, 2.75) is 40.0 Å². The number of nitrogens with zero attached hydrogens (tertiary/aromatic N) is 1. The normalized spacial score (nSPS) is 13.6. The van der Waals surface area contributed by atoms with E-state index in [4.69, 9.17) is 4.74 Å². The molecule has 3 aromatic rings. The van der Waals surface area contributed by atoms with Gasteiger partial charge in [-0.2, -0.15) is 0 Å². The molecule has 34 heavy (non-hydrogen) atoms. The average molecular weight is 455 g/mol. The van der Waals surface area contributed by atoms with Gasteiger partial charge in [-0.05, 0) is 85.3 Å².